The molecular formula is C27H55NO. The van der Waals surface area contributed by atoms with Crippen molar-refractivity contribution in [2.75, 3.05) is 19.6 Å². The standard InChI is InChI=1S/C27H55NO/c1-4-6-8-10-12-14-16-18-20-22-24-28(26-27(3)29)25-23-21-19-17-15-13-11-9-7-5-2/h4-26H2,1-3H3. The Morgan fingerprint density at radius 1 is 0.483 bits per heavy atom. The van der Waals surface area contributed by atoms with Gasteiger partial charge in [-0.2, -0.15) is 0 Å². The molecule has 0 aromatic rings. The highest BCUT2D eigenvalue weighted by molar-refractivity contribution is 5.77. The van der Waals surface area contributed by atoms with Crippen LogP contribution in [-0.4, -0.2) is 30.3 Å². The molecular weight excluding hydrogens is 354 g/mol. The number of nitrogens with zero attached hydrogens (tertiary/aromatic N) is 1. The van der Waals surface area contributed by atoms with Crippen molar-refractivity contribution in [1.29, 1.82) is 0 Å². The predicted octanol–water partition coefficient (Wildman–Crippen LogP) is 8.72. The van der Waals surface area contributed by atoms with E-state index in [0.29, 0.717) is 12.3 Å². The zero-order chi connectivity index (χ0) is 21.4. The van der Waals surface area contributed by atoms with Crippen LogP contribution in [0, 0.1) is 0 Å². The minimum Gasteiger partial charge on any atom is -0.299 e. The first-order valence-electron chi connectivity index (χ1n) is 13.4. The summed E-state index contributed by atoms with van der Waals surface area (Å²) in [6.07, 6.45) is 27.6. The van der Waals surface area contributed by atoms with Gasteiger partial charge in [0.1, 0.15) is 5.78 Å². The second-order valence-electron chi connectivity index (χ2n) is 9.34. The maximum Gasteiger partial charge on any atom is 0.143 e. The zero-order valence-electron chi connectivity index (χ0n) is 20.6. The molecule has 0 aliphatic carbocycles. The summed E-state index contributed by atoms with van der Waals surface area (Å²) in [4.78, 5) is 14.0. The maximum absolute atomic E-state index is 11.6. The van der Waals surface area contributed by atoms with Gasteiger partial charge in [0.05, 0.1) is 6.54 Å². The Labute approximate surface area is 184 Å². The van der Waals surface area contributed by atoms with Gasteiger partial charge in [-0.05, 0) is 32.9 Å². The molecule has 0 heterocycles. The fourth-order valence-electron chi connectivity index (χ4n) is 4.23. The highest BCUT2D eigenvalue weighted by atomic mass is 16.1. The Kier molecular flexibility index (Phi) is 23.6. The number of hydrogen-bond acceptors (Lipinski definition) is 2. The molecule has 0 bridgehead atoms. The number of carbonyl (C=O) groups excluding carboxylic acids is 1. The molecule has 0 aromatic carbocycles. The maximum atomic E-state index is 11.6. The third-order valence-corrected chi connectivity index (χ3v) is 6.10. The van der Waals surface area contributed by atoms with E-state index < -0.39 is 0 Å². The Balaban J connectivity index is 3.56. The van der Waals surface area contributed by atoms with E-state index in [1.165, 1.54) is 128 Å². The van der Waals surface area contributed by atoms with Crippen molar-refractivity contribution in [1.82, 2.24) is 4.90 Å². The quantitative estimate of drug-likeness (QED) is 0.148. The van der Waals surface area contributed by atoms with Gasteiger partial charge in [-0.15, -0.1) is 0 Å². The van der Waals surface area contributed by atoms with E-state index in [4.69, 9.17) is 0 Å². The molecule has 0 atom stereocenters. The van der Waals surface area contributed by atoms with Gasteiger partial charge < -0.3 is 0 Å². The van der Waals surface area contributed by atoms with Gasteiger partial charge in [0.15, 0.2) is 0 Å². The summed E-state index contributed by atoms with van der Waals surface area (Å²) in [5.74, 6) is 0.323. The molecule has 0 N–H and O–H groups in total. The average Bonchev–Trinajstić information content (AvgIpc) is 2.70. The van der Waals surface area contributed by atoms with Crippen LogP contribution in [0.3, 0.4) is 0 Å². The fourth-order valence-corrected chi connectivity index (χ4v) is 4.23. The minimum atomic E-state index is 0.323. The molecule has 0 radical (unpaired) electrons. The molecule has 0 amide bonds. The number of unbranched alkanes of at least 4 members (excludes halogenated alkanes) is 18. The molecule has 0 saturated heterocycles. The van der Waals surface area contributed by atoms with Crippen molar-refractivity contribution in [3.8, 4) is 0 Å². The van der Waals surface area contributed by atoms with E-state index in [0.717, 1.165) is 13.1 Å². The van der Waals surface area contributed by atoms with Crippen LogP contribution >= 0.6 is 0 Å². The van der Waals surface area contributed by atoms with Crippen molar-refractivity contribution < 1.29 is 4.79 Å². The minimum absolute atomic E-state index is 0.323. The predicted molar refractivity (Wildman–Crippen MR) is 131 cm³/mol. The van der Waals surface area contributed by atoms with Gasteiger partial charge in [-0.25, -0.2) is 0 Å². The van der Waals surface area contributed by atoms with Gasteiger partial charge in [0.25, 0.3) is 0 Å². The molecule has 174 valence electrons. The second-order valence-corrected chi connectivity index (χ2v) is 9.34. The summed E-state index contributed by atoms with van der Waals surface area (Å²) in [7, 11) is 0. The topological polar surface area (TPSA) is 20.3 Å². The molecule has 0 aliphatic heterocycles. The van der Waals surface area contributed by atoms with Crippen molar-refractivity contribution in [3.05, 3.63) is 0 Å². The van der Waals surface area contributed by atoms with Crippen molar-refractivity contribution >= 4 is 5.78 Å². The molecule has 0 aliphatic rings. The SMILES string of the molecule is CCCCCCCCCCCCN(CCCCCCCCCCCC)CC(C)=O. The lowest BCUT2D eigenvalue weighted by atomic mass is 10.1. The number of Topliss-reactive ketones (excluding diaryl/α,β-unsaturated/α-hetero) is 1. The van der Waals surface area contributed by atoms with Gasteiger partial charge >= 0.3 is 0 Å². The molecule has 0 fully saturated rings. The van der Waals surface area contributed by atoms with Crippen molar-refractivity contribution in [2.24, 2.45) is 0 Å². The molecule has 0 spiro atoms. The summed E-state index contributed by atoms with van der Waals surface area (Å²) in [6.45, 7) is 9.21. The Morgan fingerprint density at radius 2 is 0.759 bits per heavy atom. The van der Waals surface area contributed by atoms with Crippen LogP contribution in [0.15, 0.2) is 0 Å². The summed E-state index contributed by atoms with van der Waals surface area (Å²) >= 11 is 0. The zero-order valence-corrected chi connectivity index (χ0v) is 20.6. The summed E-state index contributed by atoms with van der Waals surface area (Å²) in [5.41, 5.74) is 0. The van der Waals surface area contributed by atoms with E-state index >= 15 is 0 Å². The molecule has 2 heteroatoms. The van der Waals surface area contributed by atoms with Crippen LogP contribution in [0.2, 0.25) is 0 Å². The van der Waals surface area contributed by atoms with Crippen LogP contribution in [0.1, 0.15) is 149 Å². The lowest BCUT2D eigenvalue weighted by Crippen LogP contribution is -2.30. The fraction of sp³-hybridized carbons (Fsp3) is 0.963. The number of hydrogen-bond donors (Lipinski definition) is 0. The highest BCUT2D eigenvalue weighted by Gasteiger charge is 2.07. The summed E-state index contributed by atoms with van der Waals surface area (Å²) in [6, 6.07) is 0. The molecule has 0 rings (SSSR count). The molecule has 29 heavy (non-hydrogen) atoms. The first-order chi connectivity index (χ1) is 14.2. The lowest BCUT2D eigenvalue weighted by molar-refractivity contribution is -0.118. The molecule has 0 aromatic heterocycles. The second kappa shape index (κ2) is 23.9. The van der Waals surface area contributed by atoms with Crippen molar-refractivity contribution in [3.63, 3.8) is 0 Å². The number of rotatable bonds is 24. The Morgan fingerprint density at radius 3 is 1.03 bits per heavy atom. The molecule has 2 nitrogen and oxygen atoms in total. The van der Waals surface area contributed by atoms with E-state index in [1.54, 1.807) is 6.92 Å². The Bertz CT molecular complexity index is 304. The summed E-state index contributed by atoms with van der Waals surface area (Å²) in [5, 5.41) is 0. The van der Waals surface area contributed by atoms with E-state index in [9.17, 15) is 4.79 Å². The Hall–Kier alpha value is -0.370. The summed E-state index contributed by atoms with van der Waals surface area (Å²) < 4.78 is 0. The largest absolute Gasteiger partial charge is 0.299 e. The van der Waals surface area contributed by atoms with Gasteiger partial charge in [-0.3, -0.25) is 9.69 Å². The van der Waals surface area contributed by atoms with Gasteiger partial charge in [0.2, 0.25) is 0 Å². The lowest BCUT2D eigenvalue weighted by Gasteiger charge is -2.21. The molecule has 0 saturated carbocycles. The third-order valence-electron chi connectivity index (χ3n) is 6.10. The first-order valence-corrected chi connectivity index (χ1v) is 13.4. The van der Waals surface area contributed by atoms with E-state index in [1.807, 2.05) is 0 Å². The number of ketones is 1. The van der Waals surface area contributed by atoms with Crippen LogP contribution in [0.5, 0.6) is 0 Å². The first kappa shape index (κ1) is 28.6. The van der Waals surface area contributed by atoms with E-state index in [-0.39, 0.29) is 0 Å². The molecule has 0 unspecified atom stereocenters. The highest BCUT2D eigenvalue weighted by Crippen LogP contribution is 2.12. The number of carbonyl (C=O) groups is 1. The van der Waals surface area contributed by atoms with Crippen LogP contribution in [0.4, 0.5) is 0 Å². The van der Waals surface area contributed by atoms with Crippen LogP contribution in [0.25, 0.3) is 0 Å². The van der Waals surface area contributed by atoms with Crippen LogP contribution < -0.4 is 0 Å². The third kappa shape index (κ3) is 23.8. The van der Waals surface area contributed by atoms with E-state index in [2.05, 4.69) is 18.7 Å². The smallest absolute Gasteiger partial charge is 0.143 e. The van der Waals surface area contributed by atoms with Crippen LogP contribution in [-0.2, 0) is 4.79 Å². The normalized spacial score (nSPS) is 11.4. The van der Waals surface area contributed by atoms with Gasteiger partial charge in [0, 0.05) is 0 Å². The van der Waals surface area contributed by atoms with Crippen molar-refractivity contribution in [2.45, 2.75) is 149 Å². The average molecular weight is 410 g/mol. The monoisotopic (exact) mass is 409 g/mol. The van der Waals surface area contributed by atoms with Gasteiger partial charge in [-0.1, -0.05) is 129 Å².